The first-order chi connectivity index (χ1) is 14.5. The third-order valence-electron chi connectivity index (χ3n) is 5.00. The van der Waals surface area contributed by atoms with Gasteiger partial charge in [0.05, 0.1) is 12.6 Å². The van der Waals surface area contributed by atoms with Crippen molar-refractivity contribution >= 4 is 5.97 Å². The van der Waals surface area contributed by atoms with Gasteiger partial charge in [-0.15, -0.1) is 5.10 Å². The average Bonchev–Trinajstić information content (AvgIpc) is 3.18. The molecule has 0 saturated carbocycles. The minimum absolute atomic E-state index is 0.0398. The number of hydrogen-bond donors (Lipinski definition) is 2. The zero-order valence-corrected chi connectivity index (χ0v) is 17.6. The smallest absolute Gasteiger partial charge is 0.327 e. The second kappa shape index (κ2) is 10.1. The highest BCUT2D eigenvalue weighted by Gasteiger charge is 2.23. The minimum atomic E-state index is -0.375. The Morgan fingerprint density at radius 3 is 2.70 bits per heavy atom. The molecule has 0 aliphatic rings. The van der Waals surface area contributed by atoms with Gasteiger partial charge in [0.15, 0.2) is 5.82 Å². The maximum Gasteiger partial charge on any atom is 0.327 e. The van der Waals surface area contributed by atoms with Gasteiger partial charge in [-0.25, -0.2) is 4.68 Å². The van der Waals surface area contributed by atoms with Crippen LogP contribution in [0.15, 0.2) is 42.5 Å². The van der Waals surface area contributed by atoms with E-state index >= 15 is 0 Å². The number of nitrogens with zero attached hydrogens (tertiary/aromatic N) is 4. The lowest BCUT2D eigenvalue weighted by Gasteiger charge is -2.20. The van der Waals surface area contributed by atoms with E-state index < -0.39 is 0 Å². The highest BCUT2D eigenvalue weighted by molar-refractivity contribution is 5.69. The third kappa shape index (κ3) is 5.28. The van der Waals surface area contributed by atoms with Crippen molar-refractivity contribution in [1.29, 1.82) is 0 Å². The predicted octanol–water partition coefficient (Wildman–Crippen LogP) is 2.19. The van der Waals surface area contributed by atoms with Crippen LogP contribution in [0.3, 0.4) is 0 Å². The van der Waals surface area contributed by atoms with Crippen LogP contribution in [0.4, 0.5) is 0 Å². The van der Waals surface area contributed by atoms with Crippen molar-refractivity contribution in [3.8, 4) is 0 Å². The SMILES string of the molecule is CCOC(=O)Cn1nnnc1C(NCc1cccc(CN)c1)c1ccc(C)c(C)c1. The van der Waals surface area contributed by atoms with Crippen LogP contribution in [0.5, 0.6) is 0 Å². The van der Waals surface area contributed by atoms with Crippen molar-refractivity contribution in [3.05, 3.63) is 76.1 Å². The summed E-state index contributed by atoms with van der Waals surface area (Å²) < 4.78 is 6.54. The molecular formula is C22H28N6O2. The van der Waals surface area contributed by atoms with E-state index in [2.05, 4.69) is 59.0 Å². The second-order valence-corrected chi connectivity index (χ2v) is 7.18. The van der Waals surface area contributed by atoms with Crippen molar-refractivity contribution in [3.63, 3.8) is 0 Å². The summed E-state index contributed by atoms with van der Waals surface area (Å²) in [6, 6.07) is 14.1. The summed E-state index contributed by atoms with van der Waals surface area (Å²) in [6.45, 7) is 7.28. The Hall–Kier alpha value is -3.10. The Kier molecular flexibility index (Phi) is 7.26. The van der Waals surface area contributed by atoms with E-state index in [1.165, 1.54) is 15.8 Å². The number of esters is 1. The minimum Gasteiger partial charge on any atom is -0.465 e. The predicted molar refractivity (Wildman–Crippen MR) is 113 cm³/mol. The zero-order chi connectivity index (χ0) is 21.5. The molecule has 8 heteroatoms. The molecule has 0 radical (unpaired) electrons. The van der Waals surface area contributed by atoms with E-state index in [1.54, 1.807) is 6.92 Å². The zero-order valence-electron chi connectivity index (χ0n) is 17.6. The Balaban J connectivity index is 1.91. The number of ether oxygens (including phenoxy) is 1. The molecule has 2 aromatic carbocycles. The standard InChI is InChI=1S/C22H28N6O2/c1-4-30-20(29)14-28-22(25-26-27-28)21(19-9-8-15(2)16(3)10-19)24-13-18-7-5-6-17(11-18)12-23/h5-11,21,24H,4,12-14,23H2,1-3H3. The van der Waals surface area contributed by atoms with Gasteiger partial charge in [-0.2, -0.15) is 0 Å². The molecule has 0 saturated heterocycles. The molecule has 0 spiro atoms. The van der Waals surface area contributed by atoms with E-state index in [0.29, 0.717) is 25.5 Å². The van der Waals surface area contributed by atoms with E-state index in [-0.39, 0.29) is 18.6 Å². The van der Waals surface area contributed by atoms with Crippen molar-refractivity contribution in [1.82, 2.24) is 25.5 Å². The lowest BCUT2D eigenvalue weighted by molar-refractivity contribution is -0.144. The number of nitrogens with two attached hydrogens (primary N) is 1. The fourth-order valence-corrected chi connectivity index (χ4v) is 3.25. The molecule has 30 heavy (non-hydrogen) atoms. The molecule has 0 fully saturated rings. The normalized spacial score (nSPS) is 12.0. The number of aryl methyl sites for hydroxylation is 2. The molecule has 1 aromatic heterocycles. The van der Waals surface area contributed by atoms with Gasteiger partial charge in [-0.05, 0) is 59.0 Å². The van der Waals surface area contributed by atoms with Crippen molar-refractivity contribution in [2.75, 3.05) is 6.61 Å². The first kappa shape index (κ1) is 21.6. The first-order valence-electron chi connectivity index (χ1n) is 10.0. The van der Waals surface area contributed by atoms with Gasteiger partial charge in [0.2, 0.25) is 0 Å². The highest BCUT2D eigenvalue weighted by Crippen LogP contribution is 2.23. The van der Waals surface area contributed by atoms with Gasteiger partial charge >= 0.3 is 5.97 Å². The van der Waals surface area contributed by atoms with Crippen LogP contribution in [-0.4, -0.2) is 32.8 Å². The first-order valence-corrected chi connectivity index (χ1v) is 10.0. The molecular weight excluding hydrogens is 380 g/mol. The van der Waals surface area contributed by atoms with Crippen molar-refractivity contribution in [2.45, 2.75) is 46.4 Å². The molecule has 3 rings (SSSR count). The summed E-state index contributed by atoms with van der Waals surface area (Å²) in [6.07, 6.45) is 0. The number of carbonyl (C=O) groups excluding carboxylic acids is 1. The van der Waals surface area contributed by atoms with E-state index in [1.807, 2.05) is 18.2 Å². The number of benzene rings is 2. The lowest BCUT2D eigenvalue weighted by Crippen LogP contribution is -2.27. The number of tetrazole rings is 1. The van der Waals surface area contributed by atoms with Gasteiger partial charge in [0, 0.05) is 13.1 Å². The Morgan fingerprint density at radius 2 is 1.97 bits per heavy atom. The quantitative estimate of drug-likeness (QED) is 0.523. The van der Waals surface area contributed by atoms with Crippen LogP contribution in [0.1, 0.15) is 46.6 Å². The van der Waals surface area contributed by atoms with E-state index in [9.17, 15) is 4.79 Å². The van der Waals surface area contributed by atoms with Crippen LogP contribution in [0, 0.1) is 13.8 Å². The molecule has 1 unspecified atom stereocenters. The summed E-state index contributed by atoms with van der Waals surface area (Å²) in [7, 11) is 0. The van der Waals surface area contributed by atoms with Crippen LogP contribution in [-0.2, 0) is 29.2 Å². The van der Waals surface area contributed by atoms with Crippen LogP contribution < -0.4 is 11.1 Å². The largest absolute Gasteiger partial charge is 0.465 e. The molecule has 8 nitrogen and oxygen atoms in total. The molecule has 3 N–H and O–H groups in total. The summed E-state index contributed by atoms with van der Waals surface area (Å²) in [5.74, 6) is 0.182. The summed E-state index contributed by atoms with van der Waals surface area (Å²) >= 11 is 0. The molecule has 0 amide bonds. The number of hydrogen-bond acceptors (Lipinski definition) is 7. The van der Waals surface area contributed by atoms with E-state index in [0.717, 1.165) is 16.7 Å². The molecule has 1 atom stereocenters. The monoisotopic (exact) mass is 408 g/mol. The molecule has 0 aliphatic heterocycles. The van der Waals surface area contributed by atoms with E-state index in [4.69, 9.17) is 10.5 Å². The molecule has 3 aromatic rings. The van der Waals surface area contributed by atoms with Crippen molar-refractivity contribution in [2.24, 2.45) is 5.73 Å². The Morgan fingerprint density at radius 1 is 1.17 bits per heavy atom. The summed E-state index contributed by atoms with van der Waals surface area (Å²) in [5, 5.41) is 15.6. The maximum absolute atomic E-state index is 12.0. The molecule has 0 aliphatic carbocycles. The summed E-state index contributed by atoms with van der Waals surface area (Å²) in [4.78, 5) is 12.0. The lowest BCUT2D eigenvalue weighted by atomic mass is 10.00. The van der Waals surface area contributed by atoms with Crippen LogP contribution in [0.25, 0.3) is 0 Å². The number of aromatic nitrogens is 4. The number of carbonyl (C=O) groups is 1. The Labute approximate surface area is 176 Å². The second-order valence-electron chi connectivity index (χ2n) is 7.18. The van der Waals surface area contributed by atoms with Gasteiger partial charge in [0.25, 0.3) is 0 Å². The Bertz CT molecular complexity index is 1000. The fourth-order valence-electron chi connectivity index (χ4n) is 3.25. The topological polar surface area (TPSA) is 108 Å². The number of nitrogens with one attached hydrogen (secondary N) is 1. The van der Waals surface area contributed by atoms with Gasteiger partial charge in [-0.3, -0.25) is 10.1 Å². The molecule has 0 bridgehead atoms. The average molecular weight is 409 g/mol. The molecule has 1 heterocycles. The van der Waals surface area contributed by atoms with Crippen molar-refractivity contribution < 1.29 is 9.53 Å². The maximum atomic E-state index is 12.0. The molecule has 158 valence electrons. The van der Waals surface area contributed by atoms with Crippen LogP contribution >= 0.6 is 0 Å². The summed E-state index contributed by atoms with van der Waals surface area (Å²) in [5.41, 5.74) is 11.4. The third-order valence-corrected chi connectivity index (χ3v) is 5.00. The van der Waals surface area contributed by atoms with Gasteiger partial charge < -0.3 is 10.5 Å². The van der Waals surface area contributed by atoms with Gasteiger partial charge in [0.1, 0.15) is 6.54 Å². The highest BCUT2D eigenvalue weighted by atomic mass is 16.5. The van der Waals surface area contributed by atoms with Gasteiger partial charge in [-0.1, -0.05) is 42.5 Å². The fraction of sp³-hybridized carbons (Fsp3) is 0.364. The number of rotatable bonds is 9. The van der Waals surface area contributed by atoms with Crippen LogP contribution in [0.2, 0.25) is 0 Å².